The van der Waals surface area contributed by atoms with Crippen LogP contribution in [-0.4, -0.2) is 18.2 Å². The Morgan fingerprint density at radius 1 is 1.21 bits per heavy atom. The third-order valence-corrected chi connectivity index (χ3v) is 5.09. The van der Waals surface area contributed by atoms with Crippen LogP contribution < -0.4 is 10.1 Å². The number of hydrogen-bond acceptors (Lipinski definition) is 3. The summed E-state index contributed by atoms with van der Waals surface area (Å²) in [7, 11) is 1.69. The number of nitrogens with one attached hydrogen (secondary N) is 1. The first kappa shape index (κ1) is 14.8. The van der Waals surface area contributed by atoms with E-state index in [1.165, 1.54) is 5.56 Å². The lowest BCUT2D eigenvalue weighted by molar-refractivity contribution is 0.0697. The van der Waals surface area contributed by atoms with E-state index in [4.69, 9.17) is 9.84 Å². The van der Waals surface area contributed by atoms with Gasteiger partial charge in [-0.2, -0.15) is 0 Å². The molecule has 2 aromatic carbocycles. The predicted molar refractivity (Wildman–Crippen MR) is 92.7 cm³/mol. The molecule has 2 N–H and O–H groups in total. The molecule has 2 aromatic rings. The van der Waals surface area contributed by atoms with E-state index in [2.05, 4.69) is 29.6 Å². The van der Waals surface area contributed by atoms with Crippen molar-refractivity contribution in [2.24, 2.45) is 5.92 Å². The van der Waals surface area contributed by atoms with Crippen molar-refractivity contribution in [3.8, 4) is 5.75 Å². The first-order valence-corrected chi connectivity index (χ1v) is 8.12. The maximum absolute atomic E-state index is 11.1. The van der Waals surface area contributed by atoms with Crippen LogP contribution in [0.3, 0.4) is 0 Å². The molecular weight excluding hydrogens is 302 g/mol. The summed E-state index contributed by atoms with van der Waals surface area (Å²) in [6.45, 7) is 0. The van der Waals surface area contributed by atoms with Crippen molar-refractivity contribution in [3.05, 3.63) is 71.3 Å². The minimum atomic E-state index is -0.893. The minimum Gasteiger partial charge on any atom is -0.497 e. The highest BCUT2D eigenvalue weighted by Gasteiger charge is 2.38. The Hall–Kier alpha value is -2.75. The van der Waals surface area contributed by atoms with E-state index in [-0.39, 0.29) is 6.04 Å². The summed E-state index contributed by atoms with van der Waals surface area (Å²) < 4.78 is 5.37. The molecular formula is C20H19NO3. The Balaban J connectivity index is 1.71. The molecule has 0 aromatic heterocycles. The number of ether oxygens (including phenoxy) is 1. The topological polar surface area (TPSA) is 58.6 Å². The van der Waals surface area contributed by atoms with Crippen LogP contribution in [0.4, 0.5) is 5.69 Å². The second-order valence-corrected chi connectivity index (χ2v) is 6.36. The summed E-state index contributed by atoms with van der Waals surface area (Å²) in [5, 5.41) is 12.7. The number of fused-ring (bicyclic) bond motifs is 3. The highest BCUT2D eigenvalue weighted by atomic mass is 16.5. The second kappa shape index (κ2) is 5.71. The molecule has 1 heterocycles. The number of hydrogen-bond donors (Lipinski definition) is 2. The van der Waals surface area contributed by atoms with Gasteiger partial charge in [0.2, 0.25) is 0 Å². The lowest BCUT2D eigenvalue weighted by atomic mass is 9.77. The molecule has 0 saturated carbocycles. The Kier molecular flexibility index (Phi) is 3.53. The largest absolute Gasteiger partial charge is 0.497 e. The molecule has 1 aliphatic heterocycles. The zero-order chi connectivity index (χ0) is 16.7. The van der Waals surface area contributed by atoms with E-state index in [0.29, 0.717) is 17.4 Å². The molecule has 0 spiro atoms. The minimum absolute atomic E-state index is 0.175. The summed E-state index contributed by atoms with van der Waals surface area (Å²) in [6.07, 6.45) is 5.53. The van der Waals surface area contributed by atoms with Gasteiger partial charge in [0.05, 0.1) is 18.7 Å². The number of benzene rings is 2. The number of carboxylic acids is 1. The van der Waals surface area contributed by atoms with Crippen molar-refractivity contribution in [3.63, 3.8) is 0 Å². The first-order chi connectivity index (χ1) is 11.7. The number of rotatable bonds is 3. The van der Waals surface area contributed by atoms with Gasteiger partial charge in [0.25, 0.3) is 0 Å². The van der Waals surface area contributed by atoms with Crippen molar-refractivity contribution in [2.45, 2.75) is 18.4 Å². The van der Waals surface area contributed by atoms with E-state index in [1.54, 1.807) is 19.2 Å². The van der Waals surface area contributed by atoms with Crippen LogP contribution in [0, 0.1) is 5.92 Å². The third kappa shape index (κ3) is 2.35. The van der Waals surface area contributed by atoms with Crippen molar-refractivity contribution in [1.29, 1.82) is 0 Å². The smallest absolute Gasteiger partial charge is 0.335 e. The van der Waals surface area contributed by atoms with E-state index in [0.717, 1.165) is 23.4 Å². The molecule has 1 aliphatic carbocycles. The molecule has 0 fully saturated rings. The molecule has 4 rings (SSSR count). The summed E-state index contributed by atoms with van der Waals surface area (Å²) in [6, 6.07) is 13.5. The van der Waals surface area contributed by atoms with Crippen LogP contribution in [0.1, 0.15) is 39.9 Å². The number of aromatic carboxylic acids is 1. The third-order valence-electron chi connectivity index (χ3n) is 5.09. The van der Waals surface area contributed by atoms with Crippen LogP contribution in [0.2, 0.25) is 0 Å². The summed E-state index contributed by atoms with van der Waals surface area (Å²) in [5.74, 6) is 0.774. The predicted octanol–water partition coefficient (Wildman–Crippen LogP) is 4.22. The van der Waals surface area contributed by atoms with E-state index in [9.17, 15) is 4.79 Å². The van der Waals surface area contributed by atoms with Gasteiger partial charge in [-0.25, -0.2) is 4.79 Å². The van der Waals surface area contributed by atoms with Crippen molar-refractivity contribution in [2.75, 3.05) is 12.4 Å². The van der Waals surface area contributed by atoms with E-state index in [1.807, 2.05) is 18.2 Å². The molecule has 24 heavy (non-hydrogen) atoms. The Morgan fingerprint density at radius 2 is 2.00 bits per heavy atom. The number of allylic oxidation sites excluding steroid dienone is 2. The number of carboxylic acid groups (broad SMARTS) is 1. The molecule has 0 radical (unpaired) electrons. The van der Waals surface area contributed by atoms with Gasteiger partial charge in [-0.3, -0.25) is 0 Å². The lowest BCUT2D eigenvalue weighted by Gasteiger charge is -2.37. The molecule has 3 atom stereocenters. The van der Waals surface area contributed by atoms with Crippen LogP contribution in [0.15, 0.2) is 54.6 Å². The SMILES string of the molecule is COc1ccc2c(c1)[C@@H]1C=CC[C@H]1[C@@H](c1ccc(C(=O)O)cc1)N2. The summed E-state index contributed by atoms with van der Waals surface area (Å²) >= 11 is 0. The normalized spacial score (nSPS) is 24.0. The van der Waals surface area contributed by atoms with Gasteiger partial charge >= 0.3 is 5.97 Å². The fourth-order valence-electron chi connectivity index (χ4n) is 3.86. The van der Waals surface area contributed by atoms with Crippen LogP contribution in [0.5, 0.6) is 5.75 Å². The average molecular weight is 321 g/mol. The molecule has 122 valence electrons. The van der Waals surface area contributed by atoms with Gasteiger partial charge in [0.1, 0.15) is 5.75 Å². The fraction of sp³-hybridized carbons (Fsp3) is 0.250. The van der Waals surface area contributed by atoms with Gasteiger partial charge < -0.3 is 15.2 Å². The van der Waals surface area contributed by atoms with Gasteiger partial charge in [-0.05, 0) is 53.8 Å². The molecule has 0 bridgehead atoms. The lowest BCUT2D eigenvalue weighted by Crippen LogP contribution is -2.29. The molecule has 0 saturated heterocycles. The van der Waals surface area contributed by atoms with Gasteiger partial charge in [0.15, 0.2) is 0 Å². The first-order valence-electron chi connectivity index (χ1n) is 8.12. The quantitative estimate of drug-likeness (QED) is 0.831. The average Bonchev–Trinajstić information content (AvgIpc) is 3.10. The fourth-order valence-corrected chi connectivity index (χ4v) is 3.86. The monoisotopic (exact) mass is 321 g/mol. The zero-order valence-corrected chi connectivity index (χ0v) is 13.4. The Bertz CT molecular complexity index is 810. The standard InChI is InChI=1S/C20H19NO3/c1-24-14-9-10-18-17(11-14)15-3-2-4-16(15)19(21-18)12-5-7-13(8-6-12)20(22)23/h2-3,5-11,15-16,19,21H,4H2,1H3,(H,22,23)/t15-,16-,19-/m1/s1. The van der Waals surface area contributed by atoms with Crippen molar-refractivity contribution >= 4 is 11.7 Å². The van der Waals surface area contributed by atoms with Gasteiger partial charge in [-0.1, -0.05) is 24.3 Å². The highest BCUT2D eigenvalue weighted by molar-refractivity contribution is 5.87. The molecule has 0 unspecified atom stereocenters. The molecule has 2 aliphatic rings. The summed E-state index contributed by atoms with van der Waals surface area (Å²) in [5.41, 5.74) is 3.84. The van der Waals surface area contributed by atoms with Gasteiger partial charge in [0, 0.05) is 11.6 Å². The Morgan fingerprint density at radius 3 is 2.71 bits per heavy atom. The van der Waals surface area contributed by atoms with E-state index >= 15 is 0 Å². The van der Waals surface area contributed by atoms with Crippen LogP contribution in [0.25, 0.3) is 0 Å². The van der Waals surface area contributed by atoms with Gasteiger partial charge in [-0.15, -0.1) is 0 Å². The molecule has 4 nitrogen and oxygen atoms in total. The number of anilines is 1. The molecule has 4 heteroatoms. The zero-order valence-electron chi connectivity index (χ0n) is 13.4. The Labute approximate surface area is 140 Å². The number of methoxy groups -OCH3 is 1. The second-order valence-electron chi connectivity index (χ2n) is 6.36. The van der Waals surface area contributed by atoms with E-state index < -0.39 is 5.97 Å². The number of carbonyl (C=O) groups is 1. The highest BCUT2D eigenvalue weighted by Crippen LogP contribution is 2.50. The van der Waals surface area contributed by atoms with Crippen LogP contribution in [-0.2, 0) is 0 Å². The maximum atomic E-state index is 11.1. The van der Waals surface area contributed by atoms with Crippen molar-refractivity contribution < 1.29 is 14.6 Å². The summed E-state index contributed by atoms with van der Waals surface area (Å²) in [4.78, 5) is 11.1. The molecule has 0 amide bonds. The van der Waals surface area contributed by atoms with Crippen molar-refractivity contribution in [1.82, 2.24) is 0 Å². The maximum Gasteiger partial charge on any atom is 0.335 e. The van der Waals surface area contributed by atoms with Crippen LogP contribution >= 0.6 is 0 Å².